The number of rotatable bonds is 3. The Kier molecular flexibility index (Phi) is 4.25. The molecule has 0 aliphatic rings. The van der Waals surface area contributed by atoms with Crippen molar-refractivity contribution >= 4 is 29.1 Å². The second-order valence-corrected chi connectivity index (χ2v) is 5.73. The van der Waals surface area contributed by atoms with Crippen LogP contribution in [-0.2, 0) is 0 Å². The van der Waals surface area contributed by atoms with E-state index >= 15 is 0 Å². The topological polar surface area (TPSA) is 68.9 Å². The standard InChI is InChI=1S/C13H12ClN3O2S/c1-7-4-5-10(8(2)6-7)20-12-11(17(18)19)9(3)15-13(14)16-12/h4-6H,1-3H3. The molecule has 0 spiro atoms. The zero-order chi connectivity index (χ0) is 14.9. The first-order chi connectivity index (χ1) is 9.38. The van der Waals surface area contributed by atoms with Gasteiger partial charge in [0.1, 0.15) is 5.69 Å². The molecule has 0 atom stereocenters. The summed E-state index contributed by atoms with van der Waals surface area (Å²) in [5.74, 6) is 0. The van der Waals surface area contributed by atoms with Crippen LogP contribution in [-0.4, -0.2) is 14.9 Å². The highest BCUT2D eigenvalue weighted by atomic mass is 35.5. The molecule has 2 rings (SSSR count). The van der Waals surface area contributed by atoms with Crippen LogP contribution in [0.25, 0.3) is 0 Å². The molecular formula is C13H12ClN3O2S. The number of hydrogen-bond donors (Lipinski definition) is 0. The lowest BCUT2D eigenvalue weighted by molar-refractivity contribution is -0.389. The molecule has 0 radical (unpaired) electrons. The Morgan fingerprint density at radius 3 is 2.55 bits per heavy atom. The average Bonchev–Trinajstić information content (AvgIpc) is 2.31. The van der Waals surface area contributed by atoms with Gasteiger partial charge in [0.2, 0.25) is 5.28 Å². The van der Waals surface area contributed by atoms with E-state index in [1.807, 2.05) is 32.0 Å². The first kappa shape index (κ1) is 14.7. The summed E-state index contributed by atoms with van der Waals surface area (Å²) < 4.78 is 0. The van der Waals surface area contributed by atoms with Gasteiger partial charge in [0, 0.05) is 4.90 Å². The summed E-state index contributed by atoms with van der Waals surface area (Å²) in [5, 5.41) is 11.4. The largest absolute Gasteiger partial charge is 0.322 e. The van der Waals surface area contributed by atoms with Crippen molar-refractivity contribution in [3.05, 3.63) is 50.4 Å². The van der Waals surface area contributed by atoms with E-state index in [1.165, 1.54) is 11.8 Å². The number of nitro groups is 1. The van der Waals surface area contributed by atoms with Crippen LogP contribution in [0.1, 0.15) is 16.8 Å². The second-order valence-electron chi connectivity index (χ2n) is 4.36. The minimum atomic E-state index is -0.475. The fraction of sp³-hybridized carbons (Fsp3) is 0.231. The van der Waals surface area contributed by atoms with Gasteiger partial charge in [0.25, 0.3) is 0 Å². The zero-order valence-corrected chi connectivity index (χ0v) is 12.7. The van der Waals surface area contributed by atoms with Crippen LogP contribution in [0.15, 0.2) is 28.1 Å². The SMILES string of the molecule is Cc1ccc(Sc2nc(Cl)nc(C)c2[N+](=O)[O-])c(C)c1. The van der Waals surface area contributed by atoms with E-state index < -0.39 is 4.92 Å². The number of aromatic nitrogens is 2. The third-order valence-corrected chi connectivity index (χ3v) is 4.04. The summed E-state index contributed by atoms with van der Waals surface area (Å²) in [6.07, 6.45) is 0. The van der Waals surface area contributed by atoms with Crippen molar-refractivity contribution in [2.24, 2.45) is 0 Å². The number of halogens is 1. The number of hydrogen-bond acceptors (Lipinski definition) is 5. The fourth-order valence-electron chi connectivity index (χ4n) is 1.81. The molecule has 104 valence electrons. The van der Waals surface area contributed by atoms with Crippen molar-refractivity contribution in [3.63, 3.8) is 0 Å². The van der Waals surface area contributed by atoms with Gasteiger partial charge in [-0.15, -0.1) is 0 Å². The molecule has 2 aromatic rings. The van der Waals surface area contributed by atoms with E-state index in [-0.39, 0.29) is 21.7 Å². The van der Waals surface area contributed by atoms with Crippen LogP contribution < -0.4 is 0 Å². The summed E-state index contributed by atoms with van der Waals surface area (Å²) in [6.45, 7) is 5.50. The quantitative estimate of drug-likeness (QED) is 0.369. The molecule has 0 saturated carbocycles. The Balaban J connectivity index is 2.50. The molecule has 0 amide bonds. The summed E-state index contributed by atoms with van der Waals surface area (Å²) in [5.41, 5.74) is 2.34. The van der Waals surface area contributed by atoms with Crippen LogP contribution in [0, 0.1) is 30.9 Å². The monoisotopic (exact) mass is 309 g/mol. The maximum atomic E-state index is 11.2. The lowest BCUT2D eigenvalue weighted by Crippen LogP contribution is -2.00. The number of benzene rings is 1. The summed E-state index contributed by atoms with van der Waals surface area (Å²) in [6, 6.07) is 5.89. The van der Waals surface area contributed by atoms with E-state index in [9.17, 15) is 10.1 Å². The van der Waals surface area contributed by atoms with Crippen LogP contribution in [0.3, 0.4) is 0 Å². The third-order valence-electron chi connectivity index (χ3n) is 2.72. The predicted molar refractivity (Wildman–Crippen MR) is 78.5 cm³/mol. The Morgan fingerprint density at radius 1 is 1.25 bits per heavy atom. The first-order valence-corrected chi connectivity index (χ1v) is 7.01. The average molecular weight is 310 g/mol. The highest BCUT2D eigenvalue weighted by molar-refractivity contribution is 7.99. The lowest BCUT2D eigenvalue weighted by Gasteiger charge is -2.07. The van der Waals surface area contributed by atoms with Gasteiger partial charge < -0.3 is 0 Å². The van der Waals surface area contributed by atoms with Crippen molar-refractivity contribution in [1.82, 2.24) is 9.97 Å². The van der Waals surface area contributed by atoms with Gasteiger partial charge in [-0.05, 0) is 44.0 Å². The van der Waals surface area contributed by atoms with Gasteiger partial charge in [-0.25, -0.2) is 9.97 Å². The predicted octanol–water partition coefficient (Wildman–Crippen LogP) is 4.11. The molecule has 5 nitrogen and oxygen atoms in total. The molecule has 0 aliphatic carbocycles. The minimum absolute atomic E-state index is 0.0142. The van der Waals surface area contributed by atoms with Crippen LogP contribution in [0.4, 0.5) is 5.69 Å². The van der Waals surface area contributed by atoms with Gasteiger partial charge in [-0.2, -0.15) is 0 Å². The Bertz CT molecular complexity index is 692. The van der Waals surface area contributed by atoms with E-state index in [4.69, 9.17) is 11.6 Å². The van der Waals surface area contributed by atoms with Crippen LogP contribution in [0.2, 0.25) is 5.28 Å². The Morgan fingerprint density at radius 2 is 1.95 bits per heavy atom. The van der Waals surface area contributed by atoms with Crippen LogP contribution >= 0.6 is 23.4 Å². The normalized spacial score (nSPS) is 10.6. The molecule has 0 N–H and O–H groups in total. The minimum Gasteiger partial charge on any atom is -0.258 e. The lowest BCUT2D eigenvalue weighted by atomic mass is 10.2. The molecule has 1 aromatic carbocycles. The molecule has 7 heteroatoms. The van der Waals surface area contributed by atoms with Crippen molar-refractivity contribution in [2.45, 2.75) is 30.7 Å². The molecule has 0 unspecified atom stereocenters. The molecule has 0 fully saturated rings. The maximum absolute atomic E-state index is 11.2. The summed E-state index contributed by atoms with van der Waals surface area (Å²) >= 11 is 7.03. The molecule has 0 aliphatic heterocycles. The van der Waals surface area contributed by atoms with Gasteiger partial charge >= 0.3 is 5.69 Å². The van der Waals surface area contributed by atoms with Crippen LogP contribution in [0.5, 0.6) is 0 Å². The van der Waals surface area contributed by atoms with Crippen molar-refractivity contribution in [2.75, 3.05) is 0 Å². The van der Waals surface area contributed by atoms with Gasteiger partial charge in [0.05, 0.1) is 4.92 Å². The van der Waals surface area contributed by atoms with Gasteiger partial charge in [-0.1, -0.05) is 29.5 Å². The molecule has 0 saturated heterocycles. The highest BCUT2D eigenvalue weighted by Gasteiger charge is 2.22. The third kappa shape index (κ3) is 3.08. The van der Waals surface area contributed by atoms with E-state index in [0.29, 0.717) is 0 Å². The van der Waals surface area contributed by atoms with Gasteiger partial charge in [0.15, 0.2) is 5.03 Å². The second kappa shape index (κ2) is 5.76. The van der Waals surface area contributed by atoms with Gasteiger partial charge in [-0.3, -0.25) is 10.1 Å². The number of nitrogens with zero attached hydrogens (tertiary/aromatic N) is 3. The smallest absolute Gasteiger partial charge is 0.258 e. The molecule has 1 heterocycles. The molecular weight excluding hydrogens is 298 g/mol. The molecule has 1 aromatic heterocycles. The van der Waals surface area contributed by atoms with E-state index in [1.54, 1.807) is 6.92 Å². The summed E-state index contributed by atoms with van der Waals surface area (Å²) in [7, 11) is 0. The summed E-state index contributed by atoms with van der Waals surface area (Å²) in [4.78, 5) is 19.4. The van der Waals surface area contributed by atoms with E-state index in [0.717, 1.165) is 16.0 Å². The Hall–Kier alpha value is -1.66. The Labute approximate surface area is 125 Å². The molecule has 20 heavy (non-hydrogen) atoms. The highest BCUT2D eigenvalue weighted by Crippen LogP contribution is 2.36. The van der Waals surface area contributed by atoms with E-state index in [2.05, 4.69) is 9.97 Å². The number of aryl methyl sites for hydroxylation is 3. The van der Waals surface area contributed by atoms with Crippen molar-refractivity contribution in [3.8, 4) is 0 Å². The maximum Gasteiger partial charge on any atom is 0.322 e. The first-order valence-electron chi connectivity index (χ1n) is 5.82. The fourth-order valence-corrected chi connectivity index (χ4v) is 3.08. The zero-order valence-electron chi connectivity index (χ0n) is 11.2. The van der Waals surface area contributed by atoms with Crippen molar-refractivity contribution in [1.29, 1.82) is 0 Å². The molecule has 0 bridgehead atoms. The van der Waals surface area contributed by atoms with Crippen molar-refractivity contribution < 1.29 is 4.92 Å².